The second-order valence-corrected chi connectivity index (χ2v) is 5.35. The summed E-state index contributed by atoms with van der Waals surface area (Å²) in [6.45, 7) is 2.46. The van der Waals surface area contributed by atoms with Crippen LogP contribution < -0.4 is 14.8 Å². The van der Waals surface area contributed by atoms with Crippen molar-refractivity contribution in [1.29, 1.82) is 0 Å². The molecule has 0 saturated carbocycles. The minimum absolute atomic E-state index is 0.0657. The predicted octanol–water partition coefficient (Wildman–Crippen LogP) is 4.32. The lowest BCUT2D eigenvalue weighted by Gasteiger charge is -2.11. The van der Waals surface area contributed by atoms with E-state index in [0.717, 1.165) is 5.56 Å². The number of carbonyl (C=O) groups excluding carboxylic acids is 1. The number of nitrogens with one attached hydrogen (secondary N) is 1. The number of para-hydroxylation sites is 2. The van der Waals surface area contributed by atoms with Crippen molar-refractivity contribution in [2.45, 2.75) is 19.8 Å². The number of halogens is 1. The first-order valence-electron chi connectivity index (χ1n) is 7.48. The topological polar surface area (TPSA) is 47.6 Å². The van der Waals surface area contributed by atoms with E-state index in [1.54, 1.807) is 13.2 Å². The van der Waals surface area contributed by atoms with Crippen LogP contribution in [0.5, 0.6) is 11.5 Å². The number of anilines is 1. The largest absolute Gasteiger partial charge is 0.495 e. The van der Waals surface area contributed by atoms with E-state index in [0.29, 0.717) is 41.7 Å². The Balaban J connectivity index is 1.94. The molecule has 122 valence electrons. The van der Waals surface area contributed by atoms with Crippen LogP contribution in [0.3, 0.4) is 0 Å². The third-order valence-corrected chi connectivity index (χ3v) is 3.61. The molecule has 4 nitrogen and oxygen atoms in total. The lowest BCUT2D eigenvalue weighted by molar-refractivity contribution is -0.116. The summed E-state index contributed by atoms with van der Waals surface area (Å²) in [5.41, 5.74) is 1.68. The Hall–Kier alpha value is -2.20. The molecule has 0 atom stereocenters. The lowest BCUT2D eigenvalue weighted by Crippen LogP contribution is -2.13. The average Bonchev–Trinajstić information content (AvgIpc) is 2.55. The molecule has 0 heterocycles. The first-order chi connectivity index (χ1) is 11.1. The zero-order valence-corrected chi connectivity index (χ0v) is 14.0. The highest BCUT2D eigenvalue weighted by Gasteiger charge is 2.08. The summed E-state index contributed by atoms with van der Waals surface area (Å²) in [5.74, 6) is 1.24. The Kier molecular flexibility index (Phi) is 6.29. The van der Waals surface area contributed by atoms with Gasteiger partial charge in [0.05, 0.1) is 24.4 Å². The fraction of sp³-hybridized carbons (Fsp3) is 0.278. The van der Waals surface area contributed by atoms with Crippen LogP contribution >= 0.6 is 11.6 Å². The Bertz CT molecular complexity index is 673. The van der Waals surface area contributed by atoms with Gasteiger partial charge >= 0.3 is 0 Å². The van der Waals surface area contributed by atoms with Gasteiger partial charge in [-0.3, -0.25) is 4.79 Å². The number of benzene rings is 2. The van der Waals surface area contributed by atoms with Crippen LogP contribution in [-0.2, 0) is 11.2 Å². The molecule has 2 aromatic rings. The van der Waals surface area contributed by atoms with Crippen molar-refractivity contribution in [2.75, 3.05) is 19.0 Å². The van der Waals surface area contributed by atoms with Crippen molar-refractivity contribution in [1.82, 2.24) is 0 Å². The number of carbonyl (C=O) groups is 1. The van der Waals surface area contributed by atoms with E-state index in [-0.39, 0.29) is 5.91 Å². The maximum absolute atomic E-state index is 12.1. The number of aryl methyl sites for hydroxylation is 1. The normalized spacial score (nSPS) is 10.2. The Morgan fingerprint density at radius 3 is 2.65 bits per heavy atom. The third kappa shape index (κ3) is 4.89. The molecule has 0 aliphatic heterocycles. The zero-order valence-electron chi connectivity index (χ0n) is 13.3. The van der Waals surface area contributed by atoms with Gasteiger partial charge in [-0.25, -0.2) is 0 Å². The highest BCUT2D eigenvalue weighted by Crippen LogP contribution is 2.26. The van der Waals surface area contributed by atoms with E-state index < -0.39 is 0 Å². The van der Waals surface area contributed by atoms with Crippen molar-refractivity contribution in [3.63, 3.8) is 0 Å². The Morgan fingerprint density at radius 1 is 1.17 bits per heavy atom. The minimum Gasteiger partial charge on any atom is -0.495 e. The molecule has 2 aromatic carbocycles. The monoisotopic (exact) mass is 333 g/mol. The maximum atomic E-state index is 12.1. The molecule has 0 bridgehead atoms. The quantitative estimate of drug-likeness (QED) is 0.821. The van der Waals surface area contributed by atoms with Gasteiger partial charge in [-0.05, 0) is 43.2 Å². The first kappa shape index (κ1) is 17.2. The van der Waals surface area contributed by atoms with Crippen LogP contribution in [0, 0.1) is 0 Å². The van der Waals surface area contributed by atoms with Gasteiger partial charge < -0.3 is 14.8 Å². The average molecular weight is 334 g/mol. The van der Waals surface area contributed by atoms with E-state index in [9.17, 15) is 4.79 Å². The summed E-state index contributed by atoms with van der Waals surface area (Å²) in [4.78, 5) is 12.1. The number of amides is 1. The van der Waals surface area contributed by atoms with E-state index >= 15 is 0 Å². The van der Waals surface area contributed by atoms with E-state index in [4.69, 9.17) is 21.1 Å². The van der Waals surface area contributed by atoms with Crippen molar-refractivity contribution < 1.29 is 14.3 Å². The van der Waals surface area contributed by atoms with Crippen LogP contribution in [0.1, 0.15) is 18.9 Å². The molecule has 0 aromatic heterocycles. The number of hydrogen-bond donors (Lipinski definition) is 1. The van der Waals surface area contributed by atoms with Crippen molar-refractivity contribution >= 4 is 23.2 Å². The van der Waals surface area contributed by atoms with Crippen LogP contribution in [0.25, 0.3) is 0 Å². The lowest BCUT2D eigenvalue weighted by atomic mass is 10.1. The van der Waals surface area contributed by atoms with E-state index in [2.05, 4.69) is 5.32 Å². The van der Waals surface area contributed by atoms with Gasteiger partial charge in [0, 0.05) is 6.42 Å². The summed E-state index contributed by atoms with van der Waals surface area (Å²) in [6.07, 6.45) is 0.968. The molecule has 1 N–H and O–H groups in total. The van der Waals surface area contributed by atoms with Crippen LogP contribution in [0.15, 0.2) is 42.5 Å². The van der Waals surface area contributed by atoms with Crippen LogP contribution in [-0.4, -0.2) is 19.6 Å². The highest BCUT2D eigenvalue weighted by atomic mass is 35.5. The molecular weight excluding hydrogens is 314 g/mol. The summed E-state index contributed by atoms with van der Waals surface area (Å²) < 4.78 is 10.6. The molecule has 0 aliphatic rings. The first-order valence-corrected chi connectivity index (χ1v) is 7.86. The maximum Gasteiger partial charge on any atom is 0.224 e. The minimum atomic E-state index is -0.0657. The van der Waals surface area contributed by atoms with Gasteiger partial charge in [0.1, 0.15) is 11.5 Å². The zero-order chi connectivity index (χ0) is 16.7. The second kappa shape index (κ2) is 8.44. The number of ether oxygens (including phenoxy) is 2. The standard InChI is InChI=1S/C18H20ClNO3/c1-3-23-17-7-5-4-6-15(17)20-18(21)11-9-13-8-10-16(22-2)14(19)12-13/h4-8,10,12H,3,9,11H2,1-2H3,(H,20,21). The summed E-state index contributed by atoms with van der Waals surface area (Å²) in [7, 11) is 1.57. The van der Waals surface area contributed by atoms with Gasteiger partial charge in [-0.15, -0.1) is 0 Å². The number of hydrogen-bond acceptors (Lipinski definition) is 3. The van der Waals surface area contributed by atoms with E-state index in [1.165, 1.54) is 0 Å². The SMILES string of the molecule is CCOc1ccccc1NC(=O)CCc1ccc(OC)c(Cl)c1. The smallest absolute Gasteiger partial charge is 0.224 e. The van der Waals surface area contributed by atoms with E-state index in [1.807, 2.05) is 43.3 Å². The molecule has 0 aliphatic carbocycles. The third-order valence-electron chi connectivity index (χ3n) is 3.32. The molecular formula is C18H20ClNO3. The molecule has 0 fully saturated rings. The van der Waals surface area contributed by atoms with Crippen molar-refractivity contribution in [3.8, 4) is 11.5 Å². The fourth-order valence-electron chi connectivity index (χ4n) is 2.19. The molecule has 2 rings (SSSR count). The highest BCUT2D eigenvalue weighted by molar-refractivity contribution is 6.32. The Labute approximate surface area is 141 Å². The molecule has 23 heavy (non-hydrogen) atoms. The van der Waals surface area contributed by atoms with Gasteiger partial charge in [0.15, 0.2) is 0 Å². The Morgan fingerprint density at radius 2 is 1.96 bits per heavy atom. The molecule has 1 amide bonds. The molecule has 5 heteroatoms. The number of methoxy groups -OCH3 is 1. The summed E-state index contributed by atoms with van der Waals surface area (Å²) in [6, 6.07) is 12.9. The predicted molar refractivity (Wildman–Crippen MR) is 92.6 cm³/mol. The van der Waals surface area contributed by atoms with Gasteiger partial charge in [-0.2, -0.15) is 0 Å². The molecule has 0 spiro atoms. The molecule has 0 radical (unpaired) electrons. The second-order valence-electron chi connectivity index (χ2n) is 4.95. The number of rotatable bonds is 7. The van der Waals surface area contributed by atoms with Gasteiger partial charge in [0.2, 0.25) is 5.91 Å². The summed E-state index contributed by atoms with van der Waals surface area (Å²) in [5, 5.41) is 3.43. The summed E-state index contributed by atoms with van der Waals surface area (Å²) >= 11 is 6.09. The van der Waals surface area contributed by atoms with Gasteiger partial charge in [0.25, 0.3) is 0 Å². The fourth-order valence-corrected chi connectivity index (χ4v) is 2.47. The van der Waals surface area contributed by atoms with Crippen LogP contribution in [0.2, 0.25) is 5.02 Å². The molecule has 0 unspecified atom stereocenters. The van der Waals surface area contributed by atoms with Crippen molar-refractivity contribution in [3.05, 3.63) is 53.1 Å². The van der Waals surface area contributed by atoms with Crippen molar-refractivity contribution in [2.24, 2.45) is 0 Å². The van der Waals surface area contributed by atoms with Gasteiger partial charge in [-0.1, -0.05) is 29.8 Å². The van der Waals surface area contributed by atoms with Crippen LogP contribution in [0.4, 0.5) is 5.69 Å². The molecule has 0 saturated heterocycles.